The molecular weight excluding hydrogens is 476 g/mol. The molecule has 4 unspecified atom stereocenters. The standard InChI is InChI=1S/2C5H5F6O2.Cu/c2*6-4(7,8)2(12)1-3(13)5(9,10)11;/h2*1-3,12-13H;/q2*-1;+2. The van der Waals surface area contributed by atoms with E-state index in [1.165, 1.54) is 0 Å². The number of hydrogen-bond donors (Lipinski definition) is 4. The van der Waals surface area contributed by atoms with Crippen LogP contribution in [-0.4, -0.2) is 69.5 Å². The number of halogens is 12. The predicted octanol–water partition coefficient (Wildman–Crippen LogP) is 2.07. The van der Waals surface area contributed by atoms with Gasteiger partial charge in [0, 0.05) is 24.4 Å². The average Bonchev–Trinajstić information content (AvgIpc) is 2.34. The zero-order valence-electron chi connectivity index (χ0n) is 12.1. The first-order valence-electron chi connectivity index (χ1n) is 5.79. The Morgan fingerprint density at radius 1 is 0.407 bits per heavy atom. The van der Waals surface area contributed by atoms with Crippen molar-refractivity contribution in [3.63, 3.8) is 0 Å². The molecule has 0 aliphatic carbocycles. The fourth-order valence-corrected chi connectivity index (χ4v) is 0.782. The summed E-state index contributed by atoms with van der Waals surface area (Å²) in [5.74, 6) is 0. The second-order valence-corrected chi connectivity index (χ2v) is 4.33. The van der Waals surface area contributed by atoms with Crippen LogP contribution in [0.1, 0.15) is 0 Å². The predicted molar refractivity (Wildman–Crippen MR) is 56.8 cm³/mol. The molecule has 0 fully saturated rings. The number of aliphatic hydroxyl groups is 4. The summed E-state index contributed by atoms with van der Waals surface area (Å²) < 4.78 is 137. The molecule has 4 N–H and O–H groups in total. The van der Waals surface area contributed by atoms with Crippen LogP contribution in [0.2, 0.25) is 0 Å². The van der Waals surface area contributed by atoms with Crippen molar-refractivity contribution in [3.8, 4) is 0 Å². The molecule has 0 bridgehead atoms. The fraction of sp³-hybridized carbons (Fsp3) is 0.800. The van der Waals surface area contributed by atoms with E-state index in [-0.39, 0.29) is 17.1 Å². The molecule has 0 saturated carbocycles. The van der Waals surface area contributed by atoms with Gasteiger partial charge >= 0.3 is 41.8 Å². The van der Waals surface area contributed by atoms with E-state index in [4.69, 9.17) is 20.4 Å². The maximum absolute atomic E-state index is 11.4. The molecule has 4 nitrogen and oxygen atoms in total. The molecule has 0 aromatic heterocycles. The van der Waals surface area contributed by atoms with Crippen LogP contribution >= 0.6 is 0 Å². The van der Waals surface area contributed by atoms with Gasteiger partial charge in [0.2, 0.25) is 0 Å². The normalized spacial score (nSPS) is 17.8. The van der Waals surface area contributed by atoms with Crippen molar-refractivity contribution >= 4 is 0 Å². The molecule has 0 aliphatic rings. The van der Waals surface area contributed by atoms with Gasteiger partial charge in [-0.05, 0) is 0 Å². The molecule has 0 aromatic carbocycles. The summed E-state index contributed by atoms with van der Waals surface area (Å²) in [5.41, 5.74) is 0. The maximum Gasteiger partial charge on any atom is 2.00 e. The minimum Gasteiger partial charge on any atom is -0.416 e. The van der Waals surface area contributed by atoms with E-state index in [9.17, 15) is 52.7 Å². The molecular formula is C10H10CuF12O4. The van der Waals surface area contributed by atoms with Crippen LogP contribution in [0.4, 0.5) is 52.7 Å². The van der Waals surface area contributed by atoms with E-state index in [1.807, 2.05) is 0 Å². The number of aliphatic hydroxyl groups excluding tert-OH is 4. The second-order valence-electron chi connectivity index (χ2n) is 4.33. The van der Waals surface area contributed by atoms with Crippen molar-refractivity contribution in [2.24, 2.45) is 0 Å². The molecule has 17 heteroatoms. The quantitative estimate of drug-likeness (QED) is 0.279. The first-order chi connectivity index (χ1) is 11.1. The van der Waals surface area contributed by atoms with Gasteiger partial charge in [0.25, 0.3) is 0 Å². The molecule has 4 atom stereocenters. The molecule has 0 heterocycles. The van der Waals surface area contributed by atoms with Crippen LogP contribution < -0.4 is 0 Å². The summed E-state index contributed by atoms with van der Waals surface area (Å²) in [5, 5.41) is 32.3. The van der Waals surface area contributed by atoms with Crippen LogP contribution in [0.15, 0.2) is 0 Å². The summed E-state index contributed by atoms with van der Waals surface area (Å²) in [7, 11) is 0. The monoisotopic (exact) mass is 485 g/mol. The summed E-state index contributed by atoms with van der Waals surface area (Å²) in [6, 6.07) is 0. The molecule has 0 saturated heterocycles. The summed E-state index contributed by atoms with van der Waals surface area (Å²) in [6.45, 7) is 0. The van der Waals surface area contributed by atoms with E-state index in [0.29, 0.717) is 0 Å². The zero-order chi connectivity index (χ0) is 21.7. The second kappa shape index (κ2) is 10.9. The third-order valence-corrected chi connectivity index (χ3v) is 2.07. The van der Waals surface area contributed by atoms with Gasteiger partial charge in [0.1, 0.15) is 0 Å². The van der Waals surface area contributed by atoms with Crippen molar-refractivity contribution in [3.05, 3.63) is 12.8 Å². The fourth-order valence-electron chi connectivity index (χ4n) is 0.782. The van der Waals surface area contributed by atoms with Gasteiger partial charge < -0.3 is 20.4 Å². The molecule has 0 spiro atoms. The van der Waals surface area contributed by atoms with Crippen LogP contribution in [0.5, 0.6) is 0 Å². The molecule has 169 valence electrons. The van der Waals surface area contributed by atoms with E-state index in [1.54, 1.807) is 0 Å². The van der Waals surface area contributed by atoms with Crippen molar-refractivity contribution in [2.45, 2.75) is 49.1 Å². The van der Waals surface area contributed by atoms with Gasteiger partial charge in [-0.2, -0.15) is 52.7 Å². The Kier molecular flexibility index (Phi) is 12.6. The van der Waals surface area contributed by atoms with Gasteiger partial charge in [-0.15, -0.1) is 0 Å². The molecule has 1 radical (unpaired) electrons. The average molecular weight is 486 g/mol. The van der Waals surface area contributed by atoms with Crippen molar-refractivity contribution in [1.82, 2.24) is 0 Å². The summed E-state index contributed by atoms with van der Waals surface area (Å²) in [4.78, 5) is 0. The Hall–Kier alpha value is -0.481. The Morgan fingerprint density at radius 3 is 0.593 bits per heavy atom. The van der Waals surface area contributed by atoms with Gasteiger partial charge in [-0.25, -0.2) is 0 Å². The topological polar surface area (TPSA) is 80.9 Å². The van der Waals surface area contributed by atoms with Crippen LogP contribution in [0, 0.1) is 12.8 Å². The Morgan fingerprint density at radius 2 is 0.519 bits per heavy atom. The zero-order valence-corrected chi connectivity index (χ0v) is 13.0. The van der Waals surface area contributed by atoms with Crippen molar-refractivity contribution < 1.29 is 90.2 Å². The minimum atomic E-state index is -5.20. The molecule has 27 heavy (non-hydrogen) atoms. The van der Waals surface area contributed by atoms with Gasteiger partial charge in [0.05, 0.1) is 0 Å². The largest absolute Gasteiger partial charge is 2.00 e. The number of alkyl halides is 12. The Labute approximate surface area is 153 Å². The molecule has 0 rings (SSSR count). The first-order valence-corrected chi connectivity index (χ1v) is 5.79. The third-order valence-electron chi connectivity index (χ3n) is 2.07. The molecule has 0 aromatic rings. The maximum atomic E-state index is 11.4. The van der Waals surface area contributed by atoms with E-state index < -0.39 is 62.0 Å². The summed E-state index contributed by atoms with van der Waals surface area (Å²) >= 11 is 0. The van der Waals surface area contributed by atoms with Crippen LogP contribution in [0.25, 0.3) is 0 Å². The van der Waals surface area contributed by atoms with E-state index >= 15 is 0 Å². The van der Waals surface area contributed by atoms with Gasteiger partial charge in [0.15, 0.2) is 0 Å². The Bertz CT molecular complexity index is 331. The first kappa shape index (κ1) is 31.2. The number of hydrogen-bond acceptors (Lipinski definition) is 4. The van der Waals surface area contributed by atoms with E-state index in [0.717, 1.165) is 0 Å². The SMILES string of the molecule is OC([CH-]C(O)C(F)(F)F)C(F)(F)F.OC([CH-]C(O)C(F)(F)F)C(F)(F)F.[Cu+2]. The van der Waals surface area contributed by atoms with Crippen LogP contribution in [0.3, 0.4) is 0 Å². The van der Waals surface area contributed by atoms with Crippen molar-refractivity contribution in [1.29, 1.82) is 0 Å². The minimum absolute atomic E-state index is 0. The smallest absolute Gasteiger partial charge is 0.416 e. The molecule has 0 aliphatic heterocycles. The van der Waals surface area contributed by atoms with Gasteiger partial charge in [-0.3, -0.25) is 12.8 Å². The van der Waals surface area contributed by atoms with E-state index in [2.05, 4.69) is 0 Å². The van der Waals surface area contributed by atoms with Crippen LogP contribution in [-0.2, 0) is 17.1 Å². The number of rotatable bonds is 4. The third kappa shape index (κ3) is 14.2. The summed E-state index contributed by atoms with van der Waals surface area (Å²) in [6.07, 6.45) is -35.2. The Balaban J connectivity index is -0.000000411. The molecule has 0 amide bonds. The van der Waals surface area contributed by atoms with Crippen molar-refractivity contribution in [2.75, 3.05) is 0 Å². The van der Waals surface area contributed by atoms with Gasteiger partial charge in [-0.1, -0.05) is 0 Å².